The third kappa shape index (κ3) is 11.7. The molecule has 0 aliphatic heterocycles. The monoisotopic (exact) mass is 522 g/mol. The second kappa shape index (κ2) is 18.8. The molecule has 1 aromatic rings. The van der Waals surface area contributed by atoms with Gasteiger partial charge in [-0.25, -0.2) is 0 Å². The second-order valence-electron chi connectivity index (χ2n) is 9.66. The number of phenols is 1. The first-order valence-corrected chi connectivity index (χ1v) is 14.3. The Balaban J connectivity index is 3.14. The summed E-state index contributed by atoms with van der Waals surface area (Å²) in [6.45, 7) is 13.4. The van der Waals surface area contributed by atoms with Crippen molar-refractivity contribution < 1.29 is 33.6 Å². The van der Waals surface area contributed by atoms with Gasteiger partial charge in [0.1, 0.15) is 0 Å². The van der Waals surface area contributed by atoms with Gasteiger partial charge in [0.05, 0.1) is 26.4 Å². The molecule has 0 aromatic heterocycles. The molecule has 0 fully saturated rings. The molecular formula is C30H50O7. The van der Waals surface area contributed by atoms with Gasteiger partial charge in [0.25, 0.3) is 0 Å². The zero-order valence-corrected chi connectivity index (χ0v) is 24.0. The molecule has 0 aliphatic rings. The largest absolute Gasteiger partial charge is 0.502 e. The molecule has 0 saturated heterocycles. The molecule has 2 unspecified atom stereocenters. The van der Waals surface area contributed by atoms with Gasteiger partial charge in [-0.05, 0) is 62.6 Å². The van der Waals surface area contributed by atoms with Crippen LogP contribution in [0.15, 0.2) is 12.1 Å². The van der Waals surface area contributed by atoms with Crippen molar-refractivity contribution in [2.45, 2.75) is 99.3 Å². The van der Waals surface area contributed by atoms with Crippen LogP contribution in [0.5, 0.6) is 17.2 Å². The Morgan fingerprint density at radius 3 is 1.54 bits per heavy atom. The van der Waals surface area contributed by atoms with Gasteiger partial charge in [-0.3, -0.25) is 9.59 Å². The van der Waals surface area contributed by atoms with Gasteiger partial charge in [-0.15, -0.1) is 0 Å². The van der Waals surface area contributed by atoms with Gasteiger partial charge < -0.3 is 24.1 Å². The summed E-state index contributed by atoms with van der Waals surface area (Å²) in [4.78, 5) is 26.4. The number of hydrogen-bond donors (Lipinski definition) is 1. The van der Waals surface area contributed by atoms with Gasteiger partial charge in [-0.1, -0.05) is 66.2 Å². The van der Waals surface area contributed by atoms with Crippen molar-refractivity contribution >= 4 is 11.9 Å². The summed E-state index contributed by atoms with van der Waals surface area (Å²) in [6.07, 6.45) is 8.17. The van der Waals surface area contributed by atoms with E-state index in [9.17, 15) is 14.7 Å². The van der Waals surface area contributed by atoms with Crippen LogP contribution in [0.25, 0.3) is 0 Å². The highest BCUT2D eigenvalue weighted by Crippen LogP contribution is 2.38. The molecule has 0 heterocycles. The van der Waals surface area contributed by atoms with Crippen molar-refractivity contribution in [1.29, 1.82) is 0 Å². The van der Waals surface area contributed by atoms with Crippen molar-refractivity contribution in [2.24, 2.45) is 17.8 Å². The molecule has 1 N–H and O–H groups in total. The number of aromatic hydroxyl groups is 1. The van der Waals surface area contributed by atoms with Crippen molar-refractivity contribution in [3.8, 4) is 17.2 Å². The lowest BCUT2D eigenvalue weighted by molar-refractivity contribution is -0.163. The van der Waals surface area contributed by atoms with Crippen molar-refractivity contribution in [3.05, 3.63) is 17.7 Å². The summed E-state index contributed by atoms with van der Waals surface area (Å²) >= 11 is 0. The highest BCUT2D eigenvalue weighted by atomic mass is 16.6. The molecular weight excluding hydrogens is 472 g/mol. The van der Waals surface area contributed by atoms with E-state index < -0.39 is 17.9 Å². The van der Waals surface area contributed by atoms with Crippen molar-refractivity contribution in [2.75, 3.05) is 26.4 Å². The average molecular weight is 523 g/mol. The van der Waals surface area contributed by atoms with Crippen LogP contribution in [0.3, 0.4) is 0 Å². The maximum Gasteiger partial charge on any atom is 0.320 e. The fourth-order valence-corrected chi connectivity index (χ4v) is 4.18. The third-order valence-corrected chi connectivity index (χ3v) is 6.72. The summed E-state index contributed by atoms with van der Waals surface area (Å²) in [7, 11) is 0. The minimum atomic E-state index is -1.11. The fraction of sp³-hybridized carbons (Fsp3) is 0.733. The molecule has 1 rings (SSSR count). The first-order chi connectivity index (χ1) is 17.8. The number of esters is 2. The lowest BCUT2D eigenvalue weighted by Crippen LogP contribution is -2.32. The van der Waals surface area contributed by atoms with Crippen LogP contribution in [0.1, 0.15) is 98.5 Å². The summed E-state index contributed by atoms with van der Waals surface area (Å²) in [6, 6.07) is 3.28. The van der Waals surface area contributed by atoms with Crippen LogP contribution < -0.4 is 9.47 Å². The normalized spacial score (nSPS) is 13.5. The standard InChI is InChI=1S/C30H50O7/c1-7-13-15-22(9-3)20-36-29(32)25(30(33)37-21-23(10-4)16-14-8-2)17-24-18-26(34-11-5)28(31)27(19-24)35-12-6/h18-19,22-23,25,31H,7-17,20-21H2,1-6H3. The number of unbranched alkanes of at least 4 members (excludes halogenated alkanes) is 2. The van der Waals surface area contributed by atoms with Crippen LogP contribution >= 0.6 is 0 Å². The molecule has 0 spiro atoms. The molecule has 7 nitrogen and oxygen atoms in total. The Hall–Kier alpha value is -2.44. The van der Waals surface area contributed by atoms with Crippen LogP contribution in [0.4, 0.5) is 0 Å². The van der Waals surface area contributed by atoms with Gasteiger partial charge in [0.2, 0.25) is 5.75 Å². The van der Waals surface area contributed by atoms with Gasteiger partial charge in [0, 0.05) is 0 Å². The van der Waals surface area contributed by atoms with E-state index in [2.05, 4.69) is 27.7 Å². The summed E-state index contributed by atoms with van der Waals surface area (Å²) in [5, 5.41) is 10.5. The minimum absolute atomic E-state index is 0.0651. The summed E-state index contributed by atoms with van der Waals surface area (Å²) in [5.41, 5.74) is 0.625. The Morgan fingerprint density at radius 2 is 1.19 bits per heavy atom. The maximum atomic E-state index is 13.2. The predicted molar refractivity (Wildman–Crippen MR) is 146 cm³/mol. The lowest BCUT2D eigenvalue weighted by atomic mass is 9.97. The maximum absolute atomic E-state index is 13.2. The number of carbonyl (C=O) groups excluding carboxylic acids is 2. The van der Waals surface area contributed by atoms with Crippen molar-refractivity contribution in [3.63, 3.8) is 0 Å². The zero-order chi connectivity index (χ0) is 27.6. The van der Waals surface area contributed by atoms with E-state index in [-0.39, 0.29) is 48.7 Å². The minimum Gasteiger partial charge on any atom is -0.502 e. The summed E-state index contributed by atoms with van der Waals surface area (Å²) in [5.74, 6) is -1.33. The summed E-state index contributed by atoms with van der Waals surface area (Å²) < 4.78 is 22.5. The van der Waals surface area contributed by atoms with Crippen LogP contribution in [0, 0.1) is 17.8 Å². The highest BCUT2D eigenvalue weighted by Gasteiger charge is 2.32. The molecule has 7 heteroatoms. The van der Waals surface area contributed by atoms with E-state index in [0.29, 0.717) is 18.8 Å². The smallest absolute Gasteiger partial charge is 0.320 e. The Labute approximate surface area is 224 Å². The number of benzene rings is 1. The topological polar surface area (TPSA) is 91.3 Å². The molecule has 2 atom stereocenters. The fourth-order valence-electron chi connectivity index (χ4n) is 4.18. The molecule has 0 aliphatic carbocycles. The molecule has 37 heavy (non-hydrogen) atoms. The SMILES string of the molecule is CCCCC(CC)COC(=O)C(Cc1cc(OCC)c(O)c(OCC)c1)C(=O)OCC(CC)CCCC. The van der Waals surface area contributed by atoms with E-state index >= 15 is 0 Å². The number of phenolic OH excluding ortho intramolecular Hbond substituents is 1. The van der Waals surface area contributed by atoms with E-state index in [1.165, 1.54) is 0 Å². The number of ether oxygens (including phenoxy) is 4. The first-order valence-electron chi connectivity index (χ1n) is 14.3. The lowest BCUT2D eigenvalue weighted by Gasteiger charge is -2.21. The molecule has 0 bridgehead atoms. The number of carbonyl (C=O) groups is 2. The molecule has 0 radical (unpaired) electrons. The van der Waals surface area contributed by atoms with Crippen LogP contribution in [0.2, 0.25) is 0 Å². The Bertz CT molecular complexity index is 733. The van der Waals surface area contributed by atoms with Crippen LogP contribution in [-0.4, -0.2) is 43.5 Å². The van der Waals surface area contributed by atoms with E-state index in [4.69, 9.17) is 18.9 Å². The van der Waals surface area contributed by atoms with E-state index in [0.717, 1.165) is 51.4 Å². The molecule has 1 aromatic carbocycles. The molecule has 0 saturated carbocycles. The highest BCUT2D eigenvalue weighted by molar-refractivity contribution is 5.95. The second-order valence-corrected chi connectivity index (χ2v) is 9.66. The molecule has 212 valence electrons. The van der Waals surface area contributed by atoms with Crippen molar-refractivity contribution in [1.82, 2.24) is 0 Å². The van der Waals surface area contributed by atoms with Crippen LogP contribution in [-0.2, 0) is 25.5 Å². The first kappa shape index (κ1) is 32.6. The Morgan fingerprint density at radius 1 is 0.757 bits per heavy atom. The van der Waals surface area contributed by atoms with Gasteiger partial charge in [-0.2, -0.15) is 0 Å². The third-order valence-electron chi connectivity index (χ3n) is 6.72. The zero-order valence-electron chi connectivity index (χ0n) is 24.0. The van der Waals surface area contributed by atoms with Gasteiger partial charge >= 0.3 is 11.9 Å². The molecule has 0 amide bonds. The Kier molecular flexibility index (Phi) is 16.5. The number of hydrogen-bond acceptors (Lipinski definition) is 7. The van der Waals surface area contributed by atoms with Gasteiger partial charge in [0.15, 0.2) is 17.4 Å². The predicted octanol–water partition coefficient (Wildman–Crippen LogP) is 6.87. The average Bonchev–Trinajstić information content (AvgIpc) is 2.89. The van der Waals surface area contributed by atoms with E-state index in [1.807, 2.05) is 13.8 Å². The van der Waals surface area contributed by atoms with E-state index in [1.54, 1.807) is 12.1 Å². The quantitative estimate of drug-likeness (QED) is 0.148. The number of rotatable bonds is 20.